The SMILES string of the molecule is CC1(C)c2ccccc2Oc2ccc(-c3ccc(N(c4ccc(-c5ccccc5)cc4)c4ccc(-c5ccccc5)cc4)cc3)cc21.c1ccc(-c2ccc(N(c3ccc(-c4ccccc4)cc3)c3ccc(-c4ccc5c(c4)Oc4ccccc4S5)cc3)cc2)cc1.c1ccc(-c2ccc(N(c3ccc(-c4ccccc4)cc3)c3ccc(-c4ccc5c(c4)Sc4ccccc4O5)cc3)cc2)cc1. The van der Waals surface area contributed by atoms with Crippen molar-refractivity contribution in [1.29, 1.82) is 0 Å². The van der Waals surface area contributed by atoms with Crippen molar-refractivity contribution in [2.24, 2.45) is 0 Å². The minimum atomic E-state index is -0.158. The normalized spacial score (nSPS) is 12.0. The van der Waals surface area contributed by atoms with Crippen LogP contribution in [0.1, 0.15) is 25.0 Å². The molecule has 0 saturated carbocycles. The molecule has 0 atom stereocenters. The van der Waals surface area contributed by atoms with Crippen LogP contribution in [0.3, 0.4) is 0 Å². The molecule has 6 nitrogen and oxygen atoms in total. The Kier molecular flexibility index (Phi) is 24.2. The zero-order chi connectivity index (χ0) is 91.8. The van der Waals surface area contributed by atoms with Crippen molar-refractivity contribution in [3.63, 3.8) is 0 Å². The number of hydrogen-bond acceptors (Lipinski definition) is 8. The molecule has 654 valence electrons. The van der Waals surface area contributed by atoms with Crippen molar-refractivity contribution < 1.29 is 14.2 Å². The summed E-state index contributed by atoms with van der Waals surface area (Å²) in [4.78, 5) is 11.5. The Bertz CT molecular complexity index is 7220. The van der Waals surface area contributed by atoms with Crippen LogP contribution in [0, 0.1) is 0 Å². The molecule has 0 bridgehead atoms. The van der Waals surface area contributed by atoms with Gasteiger partial charge < -0.3 is 28.9 Å². The first-order chi connectivity index (χ1) is 67.6. The number of hydrogen-bond donors (Lipinski definition) is 0. The third-order valence-electron chi connectivity index (χ3n) is 25.7. The van der Waals surface area contributed by atoms with Crippen molar-refractivity contribution >= 4 is 74.7 Å². The molecule has 0 aromatic heterocycles. The summed E-state index contributed by atoms with van der Waals surface area (Å²) in [5.74, 6) is 5.51. The lowest BCUT2D eigenvalue weighted by atomic mass is 9.75. The number of para-hydroxylation sites is 3. The highest BCUT2D eigenvalue weighted by Gasteiger charge is 2.35. The van der Waals surface area contributed by atoms with E-state index in [0.717, 1.165) is 116 Å². The van der Waals surface area contributed by atoms with Crippen LogP contribution in [0.4, 0.5) is 51.2 Å². The van der Waals surface area contributed by atoms with E-state index in [0.29, 0.717) is 0 Å². The Balaban J connectivity index is 0.000000119. The second-order valence-electron chi connectivity index (χ2n) is 34.7. The lowest BCUT2D eigenvalue weighted by molar-refractivity contribution is 0.418. The highest BCUT2D eigenvalue weighted by atomic mass is 32.2. The Morgan fingerprint density at radius 1 is 0.146 bits per heavy atom. The lowest BCUT2D eigenvalue weighted by Gasteiger charge is -2.34. The van der Waals surface area contributed by atoms with E-state index < -0.39 is 0 Å². The highest BCUT2D eigenvalue weighted by Crippen LogP contribution is 2.53. The van der Waals surface area contributed by atoms with Gasteiger partial charge in [-0.05, 0) is 276 Å². The van der Waals surface area contributed by atoms with Gasteiger partial charge >= 0.3 is 0 Å². The van der Waals surface area contributed by atoms with E-state index in [4.69, 9.17) is 14.2 Å². The number of ether oxygens (including phenoxy) is 3. The molecule has 137 heavy (non-hydrogen) atoms. The van der Waals surface area contributed by atoms with Gasteiger partial charge in [-0.25, -0.2) is 0 Å². The van der Waals surface area contributed by atoms with Gasteiger partial charge in [0.1, 0.15) is 34.5 Å². The zero-order valence-electron chi connectivity index (χ0n) is 75.6. The van der Waals surface area contributed by atoms with E-state index in [1.807, 2.05) is 30.3 Å². The molecule has 0 N–H and O–H groups in total. The van der Waals surface area contributed by atoms with Crippen LogP contribution in [0.15, 0.2) is 547 Å². The largest absolute Gasteiger partial charge is 0.457 e. The topological polar surface area (TPSA) is 37.4 Å². The number of benzene rings is 21. The predicted octanol–water partition coefficient (Wildman–Crippen LogP) is 37.4. The summed E-state index contributed by atoms with van der Waals surface area (Å²) in [5, 5.41) is 0. The number of fused-ring (bicyclic) bond motifs is 6. The Morgan fingerprint density at radius 2 is 0.343 bits per heavy atom. The predicted molar refractivity (Wildman–Crippen MR) is 572 cm³/mol. The highest BCUT2D eigenvalue weighted by molar-refractivity contribution is 8.00. The van der Waals surface area contributed by atoms with Gasteiger partial charge in [-0.1, -0.05) is 389 Å². The van der Waals surface area contributed by atoms with Crippen LogP contribution in [-0.2, 0) is 5.41 Å². The maximum absolute atomic E-state index is 6.32. The number of rotatable bonds is 18. The Hall–Kier alpha value is -16.9. The standard InChI is InChI=1S/C45H35NO.2C42H29NOS/c1-45(2)41-15-9-10-16-43(41)47-44-30-23-37(31-42(44)45)36-21-28-40(29-22-36)46(38-24-17-34(18-25-38)32-11-5-3-6-12-32)39-26-19-35(20-27-39)33-13-7-4-8-14-33;1-3-9-30(10-4-1)32-15-22-36(23-16-32)43(37-24-17-33(18-25-37)31-11-5-2-6-12-31)38-26-19-34(20-27-38)35-21-28-42-40(29-35)44-39-13-7-8-14-41(39)45-42;1-3-9-30(10-4-1)32-15-22-36(23-16-32)43(37-24-17-33(18-25-37)31-11-5-2-6-12-31)38-26-19-34(20-27-38)35-21-28-40-42(29-35)45-41-14-8-7-13-39(41)44-40/h3-31H,1-2H3;2*1-29H. The molecule has 0 radical (unpaired) electrons. The van der Waals surface area contributed by atoms with Crippen LogP contribution in [0.2, 0.25) is 0 Å². The van der Waals surface area contributed by atoms with Crippen LogP contribution < -0.4 is 28.9 Å². The minimum absolute atomic E-state index is 0.158. The summed E-state index contributed by atoms with van der Waals surface area (Å²) in [7, 11) is 0. The van der Waals surface area contributed by atoms with Gasteiger partial charge in [-0.3, -0.25) is 0 Å². The third kappa shape index (κ3) is 18.5. The molecular weight excluding hydrogens is 1700 g/mol. The van der Waals surface area contributed by atoms with Gasteiger partial charge in [0.2, 0.25) is 0 Å². The minimum Gasteiger partial charge on any atom is -0.457 e. The zero-order valence-corrected chi connectivity index (χ0v) is 77.2. The average molecular weight is 1800 g/mol. The first-order valence-electron chi connectivity index (χ1n) is 46.4. The molecule has 3 aliphatic heterocycles. The van der Waals surface area contributed by atoms with Gasteiger partial charge in [0.15, 0.2) is 0 Å². The lowest BCUT2D eigenvalue weighted by Crippen LogP contribution is -2.24. The molecule has 0 fully saturated rings. The first-order valence-corrected chi connectivity index (χ1v) is 48.0. The molecule has 21 aromatic carbocycles. The first kappa shape index (κ1) is 85.6. The van der Waals surface area contributed by atoms with Crippen molar-refractivity contribution in [3.8, 4) is 135 Å². The Morgan fingerprint density at radius 3 is 0.664 bits per heavy atom. The summed E-state index contributed by atoms with van der Waals surface area (Å²) < 4.78 is 18.8. The van der Waals surface area contributed by atoms with Crippen LogP contribution in [0.5, 0.6) is 34.5 Å². The monoisotopic (exact) mass is 1800 g/mol. The van der Waals surface area contributed by atoms with E-state index in [9.17, 15) is 0 Å². The fourth-order valence-electron chi connectivity index (χ4n) is 18.4. The summed E-state index contributed by atoms with van der Waals surface area (Å²) in [6.07, 6.45) is 0. The van der Waals surface area contributed by atoms with Crippen LogP contribution in [0.25, 0.3) is 100 Å². The smallest absolute Gasteiger partial charge is 0.142 e. The van der Waals surface area contributed by atoms with Crippen molar-refractivity contribution in [1.82, 2.24) is 0 Å². The molecule has 0 spiro atoms. The molecule has 3 aliphatic rings. The molecule has 3 heterocycles. The molecule has 24 rings (SSSR count). The van der Waals surface area contributed by atoms with E-state index in [1.165, 1.54) is 100 Å². The molecule has 0 amide bonds. The molecular formula is C129H93N3O3S2. The number of anilines is 9. The molecule has 8 heteroatoms. The van der Waals surface area contributed by atoms with Gasteiger partial charge in [-0.2, -0.15) is 0 Å². The van der Waals surface area contributed by atoms with Crippen LogP contribution in [-0.4, -0.2) is 0 Å². The molecule has 0 unspecified atom stereocenters. The summed E-state index contributed by atoms with van der Waals surface area (Å²) in [6, 6.07) is 187. The maximum Gasteiger partial charge on any atom is 0.142 e. The maximum atomic E-state index is 6.32. The molecule has 0 saturated heterocycles. The van der Waals surface area contributed by atoms with E-state index in [1.54, 1.807) is 23.5 Å². The second kappa shape index (κ2) is 38.7. The van der Waals surface area contributed by atoms with E-state index >= 15 is 0 Å². The van der Waals surface area contributed by atoms with Gasteiger partial charge in [-0.15, -0.1) is 0 Å². The Labute approximate surface area is 810 Å². The van der Waals surface area contributed by atoms with E-state index in [-0.39, 0.29) is 5.41 Å². The van der Waals surface area contributed by atoms with Crippen molar-refractivity contribution in [2.45, 2.75) is 38.8 Å². The third-order valence-corrected chi connectivity index (χ3v) is 27.9. The fourth-order valence-corrected chi connectivity index (χ4v) is 20.3. The average Bonchev–Trinajstić information content (AvgIpc) is 0.741. The van der Waals surface area contributed by atoms with Gasteiger partial charge in [0.05, 0.1) is 19.6 Å². The fraction of sp³-hybridized carbons (Fsp3) is 0.0233. The van der Waals surface area contributed by atoms with E-state index in [2.05, 4.69) is 526 Å². The quantitative estimate of drug-likeness (QED) is 0.0841. The molecule has 21 aromatic rings. The number of nitrogens with zero attached hydrogens (tertiary/aromatic N) is 3. The van der Waals surface area contributed by atoms with Gasteiger partial charge in [0.25, 0.3) is 0 Å². The second-order valence-corrected chi connectivity index (χ2v) is 36.9. The molecule has 0 aliphatic carbocycles. The summed E-state index contributed by atoms with van der Waals surface area (Å²) in [6.45, 7) is 4.56. The summed E-state index contributed by atoms with van der Waals surface area (Å²) >= 11 is 3.51. The van der Waals surface area contributed by atoms with Gasteiger partial charge in [0, 0.05) is 67.7 Å². The summed E-state index contributed by atoms with van der Waals surface area (Å²) in [5.41, 5.74) is 33.6. The van der Waals surface area contributed by atoms with Crippen molar-refractivity contribution in [2.75, 3.05) is 14.7 Å². The van der Waals surface area contributed by atoms with Crippen molar-refractivity contribution in [3.05, 3.63) is 539 Å². The van der Waals surface area contributed by atoms with Crippen LogP contribution >= 0.6 is 23.5 Å².